The summed E-state index contributed by atoms with van der Waals surface area (Å²) in [4.78, 5) is 27.7. The number of hydrogen-bond acceptors (Lipinski definition) is 3. The molecule has 0 saturated heterocycles. The molecule has 8 nitrogen and oxygen atoms in total. The predicted octanol–water partition coefficient (Wildman–Crippen LogP) is -1.21. The molecule has 0 fully saturated rings. The van der Waals surface area contributed by atoms with Crippen LogP contribution in [0.3, 0.4) is 0 Å². The van der Waals surface area contributed by atoms with Gasteiger partial charge in [-0.1, -0.05) is 0 Å². The second-order valence-electron chi connectivity index (χ2n) is 2.50. The summed E-state index contributed by atoms with van der Waals surface area (Å²) in [6, 6.07) is 0. The van der Waals surface area contributed by atoms with Gasteiger partial charge in [0.1, 0.15) is 6.54 Å². The van der Waals surface area contributed by atoms with E-state index >= 15 is 0 Å². The molecule has 0 aliphatic rings. The maximum absolute atomic E-state index is 10.7. The molecule has 78 valence electrons. The van der Waals surface area contributed by atoms with Crippen molar-refractivity contribution in [2.75, 3.05) is 0 Å². The third-order valence-electron chi connectivity index (χ3n) is 1.46. The summed E-state index contributed by atoms with van der Waals surface area (Å²) in [5.41, 5.74) is -0.555. The molecule has 0 aliphatic carbocycles. The van der Waals surface area contributed by atoms with Gasteiger partial charge in [0, 0.05) is 12.4 Å². The van der Waals surface area contributed by atoms with Gasteiger partial charge in [0.05, 0.1) is 0 Å². The van der Waals surface area contributed by atoms with Crippen molar-refractivity contribution in [1.29, 1.82) is 5.41 Å². The number of nitrogens with zero attached hydrogens (tertiary/aromatic N) is 2. The van der Waals surface area contributed by atoms with Gasteiger partial charge in [-0.2, -0.15) is 0 Å². The lowest BCUT2D eigenvalue weighted by atomic mass is 10.6. The van der Waals surface area contributed by atoms with E-state index in [9.17, 15) is 9.36 Å². The molecule has 0 aliphatic heterocycles. The van der Waals surface area contributed by atoms with E-state index in [2.05, 4.69) is 0 Å². The van der Waals surface area contributed by atoms with E-state index in [-0.39, 0.29) is 0 Å². The molecule has 0 spiro atoms. The van der Waals surface area contributed by atoms with Crippen molar-refractivity contribution >= 4 is 13.7 Å². The van der Waals surface area contributed by atoms with Crippen molar-refractivity contribution in [2.24, 2.45) is 0 Å². The topological polar surface area (TPSA) is 129 Å². The minimum absolute atomic E-state index is 0.399. The molecule has 1 aromatic heterocycles. The highest BCUT2D eigenvalue weighted by Gasteiger charge is 2.18. The number of carbonyl (C=O) groups is 1. The van der Waals surface area contributed by atoms with Gasteiger partial charge in [0.25, 0.3) is 0 Å². The van der Waals surface area contributed by atoms with Gasteiger partial charge in [0.15, 0.2) is 0 Å². The number of imidazole rings is 1. The Bertz CT molecular complexity index is 454. The first-order chi connectivity index (χ1) is 6.32. The Balaban J connectivity index is 3.16. The highest BCUT2D eigenvalue weighted by Crippen LogP contribution is 2.34. The molecule has 1 aromatic rings. The fourth-order valence-corrected chi connectivity index (χ4v) is 1.49. The minimum atomic E-state index is -4.56. The molecule has 1 heterocycles. The highest BCUT2D eigenvalue weighted by molar-refractivity contribution is 7.50. The second-order valence-corrected chi connectivity index (χ2v) is 3.96. The zero-order chi connectivity index (χ0) is 10.9. The molecule has 14 heavy (non-hydrogen) atoms. The first-order valence-corrected chi connectivity index (χ1v) is 4.99. The monoisotopic (exact) mass is 221 g/mol. The van der Waals surface area contributed by atoms with E-state index < -0.39 is 25.9 Å². The predicted molar refractivity (Wildman–Crippen MR) is 43.4 cm³/mol. The van der Waals surface area contributed by atoms with E-state index in [1.807, 2.05) is 0 Å². The second kappa shape index (κ2) is 3.41. The van der Waals surface area contributed by atoms with Crippen LogP contribution in [0.5, 0.6) is 0 Å². The van der Waals surface area contributed by atoms with Crippen LogP contribution in [0.25, 0.3) is 0 Å². The summed E-state index contributed by atoms with van der Waals surface area (Å²) in [6.07, 6.45) is 2.08. The van der Waals surface area contributed by atoms with Crippen molar-refractivity contribution in [3.8, 4) is 0 Å². The van der Waals surface area contributed by atoms with Crippen molar-refractivity contribution in [1.82, 2.24) is 8.90 Å². The van der Waals surface area contributed by atoms with Crippen molar-refractivity contribution in [3.63, 3.8) is 0 Å². The molecule has 0 bridgehead atoms. The maximum atomic E-state index is 10.7. The number of aliphatic carboxylic acids is 1. The molecule has 0 saturated carbocycles. The lowest BCUT2D eigenvalue weighted by Gasteiger charge is -2.03. The smallest absolute Gasteiger partial charge is 0.436 e. The molecular weight excluding hydrogens is 213 g/mol. The summed E-state index contributed by atoms with van der Waals surface area (Å²) in [5, 5.41) is 15.6. The van der Waals surface area contributed by atoms with Gasteiger partial charge in [-0.05, 0) is 0 Å². The minimum Gasteiger partial charge on any atom is -0.480 e. The lowest BCUT2D eigenvalue weighted by molar-refractivity contribution is -0.137. The summed E-state index contributed by atoms with van der Waals surface area (Å²) in [5.74, 6) is -1.19. The number of aromatic nitrogens is 2. The fourth-order valence-electron chi connectivity index (χ4n) is 0.900. The zero-order valence-electron chi connectivity index (χ0n) is 6.86. The van der Waals surface area contributed by atoms with Gasteiger partial charge < -0.3 is 19.5 Å². The first kappa shape index (κ1) is 10.7. The average Bonchev–Trinajstić information content (AvgIpc) is 2.30. The Morgan fingerprint density at radius 3 is 2.43 bits per heavy atom. The Morgan fingerprint density at radius 1 is 1.50 bits per heavy atom. The Morgan fingerprint density at radius 2 is 2.07 bits per heavy atom. The average molecular weight is 221 g/mol. The summed E-state index contributed by atoms with van der Waals surface area (Å²) in [6.45, 7) is -0.508. The van der Waals surface area contributed by atoms with E-state index in [0.717, 1.165) is 17.0 Å². The van der Waals surface area contributed by atoms with Crippen molar-refractivity contribution in [2.45, 2.75) is 6.54 Å². The first-order valence-electron chi connectivity index (χ1n) is 3.43. The summed E-state index contributed by atoms with van der Waals surface area (Å²) < 4.78 is 12.0. The standard InChI is InChI=1S/C5H8N3O5P/c6-5-7(3-4(9)10)1-2-8(5)14(11,12)13/h1-2,6H,3H2,(H,9,10)(H2,11,12,13). The van der Waals surface area contributed by atoms with Crippen LogP contribution in [0, 0.1) is 5.41 Å². The number of nitrogens with one attached hydrogen (secondary N) is 1. The molecule has 9 heteroatoms. The Labute approximate surface area is 77.8 Å². The van der Waals surface area contributed by atoms with Gasteiger partial charge in [-0.15, -0.1) is 0 Å². The summed E-state index contributed by atoms with van der Waals surface area (Å²) in [7, 11) is -4.56. The highest BCUT2D eigenvalue weighted by atomic mass is 31.2. The molecule has 0 atom stereocenters. The van der Waals surface area contributed by atoms with Crippen LogP contribution in [0.4, 0.5) is 0 Å². The number of hydrogen-bond donors (Lipinski definition) is 4. The van der Waals surface area contributed by atoms with E-state index in [4.69, 9.17) is 20.3 Å². The summed E-state index contributed by atoms with van der Waals surface area (Å²) >= 11 is 0. The van der Waals surface area contributed by atoms with Gasteiger partial charge in [0.2, 0.25) is 5.62 Å². The molecule has 0 amide bonds. The molecule has 0 radical (unpaired) electrons. The van der Waals surface area contributed by atoms with E-state index in [0.29, 0.717) is 4.34 Å². The van der Waals surface area contributed by atoms with E-state index in [1.165, 1.54) is 0 Å². The molecule has 0 unspecified atom stereocenters. The van der Waals surface area contributed by atoms with Crippen LogP contribution < -0.4 is 5.62 Å². The Kier molecular flexibility index (Phi) is 2.61. The van der Waals surface area contributed by atoms with Crippen molar-refractivity contribution < 1.29 is 24.3 Å². The van der Waals surface area contributed by atoms with Gasteiger partial charge in [-0.25, -0.2) is 8.90 Å². The zero-order valence-corrected chi connectivity index (χ0v) is 7.76. The Hall–Kier alpha value is -1.37. The lowest BCUT2D eigenvalue weighted by Crippen LogP contribution is -2.25. The molecular formula is C5H8N3O5P. The quantitative estimate of drug-likeness (QED) is 0.476. The maximum Gasteiger partial charge on any atom is 0.436 e. The SMILES string of the molecule is N=c1n(CC(=O)O)ccn1P(=O)(O)O. The van der Waals surface area contributed by atoms with Crippen LogP contribution in [-0.2, 0) is 15.9 Å². The number of rotatable bonds is 3. The number of carboxylic acids is 1. The van der Waals surface area contributed by atoms with Crippen molar-refractivity contribution in [3.05, 3.63) is 18.0 Å². The third kappa shape index (κ3) is 2.11. The fraction of sp³-hybridized carbons (Fsp3) is 0.200. The van der Waals surface area contributed by atoms with Crippen LogP contribution >= 0.6 is 7.75 Å². The van der Waals surface area contributed by atoms with Crippen LogP contribution in [0.2, 0.25) is 0 Å². The molecule has 1 rings (SSSR count). The van der Waals surface area contributed by atoms with Crippen LogP contribution in [0.1, 0.15) is 0 Å². The van der Waals surface area contributed by atoms with Crippen LogP contribution in [0.15, 0.2) is 12.4 Å². The molecule has 4 N–H and O–H groups in total. The van der Waals surface area contributed by atoms with Gasteiger partial charge in [-0.3, -0.25) is 10.2 Å². The van der Waals surface area contributed by atoms with E-state index in [1.54, 1.807) is 0 Å². The number of carboxylic acid groups (broad SMARTS) is 1. The van der Waals surface area contributed by atoms with Gasteiger partial charge >= 0.3 is 13.7 Å². The van der Waals surface area contributed by atoms with Crippen LogP contribution in [-0.4, -0.2) is 29.8 Å². The molecule has 0 aromatic carbocycles. The normalized spacial score (nSPS) is 11.6. The largest absolute Gasteiger partial charge is 0.480 e. The third-order valence-corrected chi connectivity index (χ3v) is 2.35.